The summed E-state index contributed by atoms with van der Waals surface area (Å²) in [5.41, 5.74) is 1.45. The van der Waals surface area contributed by atoms with E-state index in [2.05, 4.69) is 20.6 Å². The fourth-order valence-corrected chi connectivity index (χ4v) is 1.92. The van der Waals surface area contributed by atoms with Crippen LogP contribution in [0.15, 0.2) is 46.0 Å². The van der Waals surface area contributed by atoms with Gasteiger partial charge in [-0.05, 0) is 19.1 Å². The standard InChI is InChI=1S/C16H19F3N4O.HI/c1-2-20-15(21-9-8-16(17,18)19)22-10-13-11-24-14(23-13)12-6-4-3-5-7-12;/h3-7,11H,2,8-10H2,1H3,(H2,20,21,22);1H. The molecular formula is C16H20F3IN4O. The van der Waals surface area contributed by atoms with Crippen molar-refractivity contribution in [2.75, 3.05) is 13.1 Å². The first-order valence-corrected chi connectivity index (χ1v) is 7.56. The van der Waals surface area contributed by atoms with Crippen molar-refractivity contribution in [1.29, 1.82) is 0 Å². The zero-order chi connectivity index (χ0) is 17.4. The molecule has 0 unspecified atom stereocenters. The minimum absolute atomic E-state index is 0. The van der Waals surface area contributed by atoms with Crippen LogP contribution in [0.1, 0.15) is 19.0 Å². The van der Waals surface area contributed by atoms with E-state index < -0.39 is 12.6 Å². The van der Waals surface area contributed by atoms with E-state index in [9.17, 15) is 13.2 Å². The number of benzene rings is 1. The fourth-order valence-electron chi connectivity index (χ4n) is 1.92. The van der Waals surface area contributed by atoms with Crippen molar-refractivity contribution in [1.82, 2.24) is 15.6 Å². The largest absolute Gasteiger partial charge is 0.444 e. The van der Waals surface area contributed by atoms with Gasteiger partial charge in [0.1, 0.15) is 12.0 Å². The predicted octanol–water partition coefficient (Wildman–Crippen LogP) is 3.97. The molecule has 138 valence electrons. The van der Waals surface area contributed by atoms with Crippen LogP contribution in [0.5, 0.6) is 0 Å². The molecule has 1 aromatic carbocycles. The van der Waals surface area contributed by atoms with Gasteiger partial charge in [-0.15, -0.1) is 24.0 Å². The summed E-state index contributed by atoms with van der Waals surface area (Å²) in [4.78, 5) is 8.54. The van der Waals surface area contributed by atoms with Gasteiger partial charge < -0.3 is 15.1 Å². The Morgan fingerprint density at radius 3 is 2.56 bits per heavy atom. The molecule has 25 heavy (non-hydrogen) atoms. The van der Waals surface area contributed by atoms with Gasteiger partial charge in [-0.25, -0.2) is 9.98 Å². The number of nitrogens with zero attached hydrogens (tertiary/aromatic N) is 2. The Labute approximate surface area is 161 Å². The van der Waals surface area contributed by atoms with Crippen molar-refractivity contribution in [3.8, 4) is 11.5 Å². The zero-order valence-corrected chi connectivity index (χ0v) is 16.0. The van der Waals surface area contributed by atoms with E-state index in [0.29, 0.717) is 24.1 Å². The van der Waals surface area contributed by atoms with Gasteiger partial charge in [-0.3, -0.25) is 0 Å². The summed E-state index contributed by atoms with van der Waals surface area (Å²) in [6.07, 6.45) is -3.62. The lowest BCUT2D eigenvalue weighted by molar-refractivity contribution is -0.132. The van der Waals surface area contributed by atoms with Gasteiger partial charge in [0.05, 0.1) is 13.0 Å². The van der Waals surface area contributed by atoms with E-state index in [0.717, 1.165) is 5.56 Å². The number of guanidine groups is 1. The molecule has 0 radical (unpaired) electrons. The minimum atomic E-state index is -4.19. The van der Waals surface area contributed by atoms with Gasteiger partial charge in [0.25, 0.3) is 0 Å². The first kappa shape index (κ1) is 21.3. The van der Waals surface area contributed by atoms with Crippen LogP contribution in [-0.4, -0.2) is 30.2 Å². The van der Waals surface area contributed by atoms with E-state index in [4.69, 9.17) is 4.42 Å². The lowest BCUT2D eigenvalue weighted by Gasteiger charge is -2.12. The molecule has 1 aromatic heterocycles. The number of nitrogens with one attached hydrogen (secondary N) is 2. The monoisotopic (exact) mass is 468 g/mol. The Hall–Kier alpha value is -1.78. The van der Waals surface area contributed by atoms with Gasteiger partial charge in [-0.2, -0.15) is 13.2 Å². The predicted molar refractivity (Wildman–Crippen MR) is 101 cm³/mol. The Balaban J connectivity index is 0.00000312. The molecule has 2 N–H and O–H groups in total. The molecule has 0 aliphatic carbocycles. The molecule has 0 aliphatic rings. The Morgan fingerprint density at radius 1 is 1.20 bits per heavy atom. The summed E-state index contributed by atoms with van der Waals surface area (Å²) in [6.45, 7) is 2.36. The molecule has 0 saturated heterocycles. The molecule has 0 fully saturated rings. The van der Waals surface area contributed by atoms with Crippen LogP contribution < -0.4 is 10.6 Å². The third-order valence-corrected chi connectivity index (χ3v) is 3.02. The second kappa shape index (κ2) is 10.3. The minimum Gasteiger partial charge on any atom is -0.444 e. The molecule has 0 saturated carbocycles. The molecule has 0 spiro atoms. The highest BCUT2D eigenvalue weighted by atomic mass is 127. The second-order valence-electron chi connectivity index (χ2n) is 5.00. The van der Waals surface area contributed by atoms with E-state index in [-0.39, 0.29) is 37.1 Å². The first-order chi connectivity index (χ1) is 11.5. The smallest absolute Gasteiger partial charge is 0.390 e. The van der Waals surface area contributed by atoms with E-state index in [1.54, 1.807) is 0 Å². The van der Waals surface area contributed by atoms with Crippen molar-refractivity contribution in [2.45, 2.75) is 26.1 Å². The third-order valence-electron chi connectivity index (χ3n) is 3.02. The van der Waals surface area contributed by atoms with Crippen molar-refractivity contribution in [2.24, 2.45) is 4.99 Å². The maximum atomic E-state index is 12.2. The van der Waals surface area contributed by atoms with Crippen LogP contribution in [0, 0.1) is 0 Å². The number of aliphatic imine (C=N–C) groups is 1. The highest BCUT2D eigenvalue weighted by Gasteiger charge is 2.26. The molecule has 5 nitrogen and oxygen atoms in total. The number of alkyl halides is 3. The molecule has 0 aliphatic heterocycles. The molecular weight excluding hydrogens is 448 g/mol. The quantitative estimate of drug-likeness (QED) is 0.383. The number of rotatable bonds is 6. The Kier molecular flexibility index (Phi) is 8.73. The lowest BCUT2D eigenvalue weighted by Crippen LogP contribution is -2.38. The van der Waals surface area contributed by atoms with E-state index in [1.165, 1.54) is 6.26 Å². The van der Waals surface area contributed by atoms with Gasteiger partial charge >= 0.3 is 6.18 Å². The molecule has 0 amide bonds. The normalized spacial score (nSPS) is 11.8. The number of oxazole rings is 1. The number of hydrogen-bond donors (Lipinski definition) is 2. The molecule has 2 aromatic rings. The molecule has 9 heteroatoms. The topological polar surface area (TPSA) is 62.5 Å². The molecule has 0 atom stereocenters. The van der Waals surface area contributed by atoms with Crippen molar-refractivity contribution >= 4 is 29.9 Å². The summed E-state index contributed by atoms with van der Waals surface area (Å²) in [5.74, 6) is 0.793. The number of aromatic nitrogens is 1. The fraction of sp³-hybridized carbons (Fsp3) is 0.375. The molecule has 0 bridgehead atoms. The summed E-state index contributed by atoms with van der Waals surface area (Å²) in [6, 6.07) is 9.41. The highest BCUT2D eigenvalue weighted by Crippen LogP contribution is 2.19. The van der Waals surface area contributed by atoms with Gasteiger partial charge in [-0.1, -0.05) is 18.2 Å². The summed E-state index contributed by atoms with van der Waals surface area (Å²) >= 11 is 0. The number of hydrogen-bond acceptors (Lipinski definition) is 3. The van der Waals surface area contributed by atoms with Crippen LogP contribution in [0.4, 0.5) is 13.2 Å². The first-order valence-electron chi connectivity index (χ1n) is 7.56. The maximum absolute atomic E-state index is 12.2. The van der Waals surface area contributed by atoms with E-state index in [1.807, 2.05) is 37.3 Å². The average Bonchev–Trinajstić information content (AvgIpc) is 3.01. The Morgan fingerprint density at radius 2 is 1.92 bits per heavy atom. The summed E-state index contributed by atoms with van der Waals surface area (Å²) in [7, 11) is 0. The number of halogens is 4. The SMILES string of the molecule is CCNC(=NCc1coc(-c2ccccc2)n1)NCCC(F)(F)F.I. The van der Waals surface area contributed by atoms with Gasteiger partial charge in [0.2, 0.25) is 5.89 Å². The van der Waals surface area contributed by atoms with Gasteiger partial charge in [0.15, 0.2) is 5.96 Å². The third kappa shape index (κ3) is 7.76. The summed E-state index contributed by atoms with van der Waals surface area (Å²) < 4.78 is 42.0. The van der Waals surface area contributed by atoms with Crippen LogP contribution in [0.3, 0.4) is 0 Å². The average molecular weight is 468 g/mol. The van der Waals surface area contributed by atoms with Crippen LogP contribution in [0.25, 0.3) is 11.5 Å². The zero-order valence-electron chi connectivity index (χ0n) is 13.6. The maximum Gasteiger partial charge on any atom is 0.390 e. The second-order valence-corrected chi connectivity index (χ2v) is 5.00. The van der Waals surface area contributed by atoms with Crippen molar-refractivity contribution in [3.63, 3.8) is 0 Å². The summed E-state index contributed by atoms with van der Waals surface area (Å²) in [5, 5.41) is 5.54. The molecule has 1 heterocycles. The lowest BCUT2D eigenvalue weighted by atomic mass is 10.2. The van der Waals surface area contributed by atoms with Crippen LogP contribution in [-0.2, 0) is 6.54 Å². The van der Waals surface area contributed by atoms with Crippen LogP contribution >= 0.6 is 24.0 Å². The van der Waals surface area contributed by atoms with E-state index >= 15 is 0 Å². The Bertz CT molecular complexity index is 659. The molecule has 2 rings (SSSR count). The van der Waals surface area contributed by atoms with Crippen molar-refractivity contribution < 1.29 is 17.6 Å². The highest BCUT2D eigenvalue weighted by molar-refractivity contribution is 14.0. The van der Waals surface area contributed by atoms with Gasteiger partial charge in [0, 0.05) is 18.7 Å². The van der Waals surface area contributed by atoms with Crippen LogP contribution in [0.2, 0.25) is 0 Å². The van der Waals surface area contributed by atoms with Crippen molar-refractivity contribution in [3.05, 3.63) is 42.3 Å².